The molecule has 1 aromatic heterocycles. The van der Waals surface area contributed by atoms with Gasteiger partial charge in [-0.05, 0) is 30.7 Å². The quantitative estimate of drug-likeness (QED) is 0.923. The van der Waals surface area contributed by atoms with Crippen LogP contribution in [0.25, 0.3) is 0 Å². The maximum atomic E-state index is 12.0. The molecule has 6 heteroatoms. The predicted octanol–water partition coefficient (Wildman–Crippen LogP) is 2.14. The molecular formula is C11H11BrN4O. The minimum atomic E-state index is -0.203. The molecule has 88 valence electrons. The van der Waals surface area contributed by atoms with E-state index in [-0.39, 0.29) is 5.91 Å². The van der Waals surface area contributed by atoms with Gasteiger partial charge in [-0.2, -0.15) is 0 Å². The van der Waals surface area contributed by atoms with Gasteiger partial charge in [0.2, 0.25) is 5.95 Å². The van der Waals surface area contributed by atoms with Crippen molar-refractivity contribution < 1.29 is 4.79 Å². The topological polar surface area (TPSA) is 59.8 Å². The lowest BCUT2D eigenvalue weighted by atomic mass is 10.1. The second-order valence-electron chi connectivity index (χ2n) is 3.74. The van der Waals surface area contributed by atoms with Gasteiger partial charge in [0.25, 0.3) is 5.91 Å². The zero-order valence-electron chi connectivity index (χ0n) is 9.44. The van der Waals surface area contributed by atoms with Crippen LogP contribution in [0.1, 0.15) is 15.9 Å². The van der Waals surface area contributed by atoms with Gasteiger partial charge in [0, 0.05) is 17.1 Å². The van der Waals surface area contributed by atoms with Crippen molar-refractivity contribution in [2.75, 3.05) is 5.32 Å². The molecule has 0 spiro atoms. The fraction of sp³-hybridized carbons (Fsp3) is 0.182. The fourth-order valence-electron chi connectivity index (χ4n) is 1.44. The summed E-state index contributed by atoms with van der Waals surface area (Å²) in [6, 6.07) is 5.52. The molecule has 17 heavy (non-hydrogen) atoms. The number of halogens is 1. The lowest BCUT2D eigenvalue weighted by Crippen LogP contribution is -2.15. The highest BCUT2D eigenvalue weighted by Crippen LogP contribution is 2.16. The summed E-state index contributed by atoms with van der Waals surface area (Å²) in [5, 5.41) is 10.2. The van der Waals surface area contributed by atoms with Crippen molar-refractivity contribution in [2.45, 2.75) is 6.92 Å². The fourth-order valence-corrected chi connectivity index (χ4v) is 2.05. The van der Waals surface area contributed by atoms with E-state index in [0.717, 1.165) is 10.0 Å². The second-order valence-corrected chi connectivity index (χ2v) is 4.65. The van der Waals surface area contributed by atoms with Crippen LogP contribution in [0.3, 0.4) is 0 Å². The summed E-state index contributed by atoms with van der Waals surface area (Å²) in [6.07, 6.45) is 1.53. The first-order chi connectivity index (χ1) is 8.06. The normalized spacial score (nSPS) is 10.3. The number of aromatic nitrogens is 3. The van der Waals surface area contributed by atoms with Gasteiger partial charge in [-0.15, -0.1) is 10.2 Å². The third-order valence-electron chi connectivity index (χ3n) is 2.24. The van der Waals surface area contributed by atoms with Gasteiger partial charge >= 0.3 is 0 Å². The van der Waals surface area contributed by atoms with Crippen LogP contribution in [0, 0.1) is 6.92 Å². The summed E-state index contributed by atoms with van der Waals surface area (Å²) in [5.74, 6) is 0.220. The van der Waals surface area contributed by atoms with Crippen molar-refractivity contribution in [3.8, 4) is 0 Å². The monoisotopic (exact) mass is 294 g/mol. The summed E-state index contributed by atoms with van der Waals surface area (Å²) in [5.41, 5.74) is 1.60. The number of carbonyl (C=O) groups excluding carboxylic acids is 1. The van der Waals surface area contributed by atoms with Crippen LogP contribution in [0.15, 0.2) is 29.0 Å². The average molecular weight is 295 g/mol. The van der Waals surface area contributed by atoms with Crippen molar-refractivity contribution in [2.24, 2.45) is 7.05 Å². The number of hydrogen-bond donors (Lipinski definition) is 1. The molecule has 0 bridgehead atoms. The Morgan fingerprint density at radius 2 is 2.18 bits per heavy atom. The Balaban J connectivity index is 2.23. The highest BCUT2D eigenvalue weighted by molar-refractivity contribution is 9.10. The lowest BCUT2D eigenvalue weighted by molar-refractivity contribution is 0.102. The standard InChI is InChI=1S/C11H11BrN4O/c1-7-3-8(5-9(12)4-7)10(17)14-11-15-13-6-16(11)2/h3-6H,1-2H3,(H,14,15,17). The molecule has 2 aromatic rings. The number of aryl methyl sites for hydroxylation is 2. The molecule has 1 aromatic carbocycles. The number of benzene rings is 1. The highest BCUT2D eigenvalue weighted by atomic mass is 79.9. The zero-order chi connectivity index (χ0) is 12.4. The number of hydrogen-bond acceptors (Lipinski definition) is 3. The third-order valence-corrected chi connectivity index (χ3v) is 2.70. The van der Waals surface area contributed by atoms with Gasteiger partial charge in [0.1, 0.15) is 6.33 Å². The van der Waals surface area contributed by atoms with Crippen LogP contribution >= 0.6 is 15.9 Å². The number of carbonyl (C=O) groups is 1. The van der Waals surface area contributed by atoms with Crippen molar-refractivity contribution in [3.63, 3.8) is 0 Å². The van der Waals surface area contributed by atoms with Crippen LogP contribution in [0.2, 0.25) is 0 Å². The van der Waals surface area contributed by atoms with Crippen LogP contribution in [0.5, 0.6) is 0 Å². The van der Waals surface area contributed by atoms with Gasteiger partial charge in [-0.3, -0.25) is 10.1 Å². The largest absolute Gasteiger partial charge is 0.303 e. The average Bonchev–Trinajstić information content (AvgIpc) is 2.63. The molecule has 0 aliphatic rings. The number of amides is 1. The Kier molecular flexibility index (Phi) is 3.23. The SMILES string of the molecule is Cc1cc(Br)cc(C(=O)Nc2nncn2C)c1. The van der Waals surface area contributed by atoms with E-state index in [0.29, 0.717) is 11.5 Å². The summed E-state index contributed by atoms with van der Waals surface area (Å²) in [4.78, 5) is 12.0. The van der Waals surface area contributed by atoms with Gasteiger partial charge in [-0.1, -0.05) is 15.9 Å². The van der Waals surface area contributed by atoms with E-state index in [1.165, 1.54) is 6.33 Å². The molecule has 5 nitrogen and oxygen atoms in total. The van der Waals surface area contributed by atoms with E-state index in [4.69, 9.17) is 0 Å². The maximum absolute atomic E-state index is 12.0. The number of nitrogens with zero attached hydrogens (tertiary/aromatic N) is 3. The van der Waals surface area contributed by atoms with Crippen LogP contribution in [-0.4, -0.2) is 20.7 Å². The van der Waals surface area contributed by atoms with Gasteiger partial charge < -0.3 is 4.57 Å². The first kappa shape index (κ1) is 11.8. The molecule has 0 radical (unpaired) electrons. The molecule has 0 fully saturated rings. The Morgan fingerprint density at radius 3 is 2.76 bits per heavy atom. The Labute approximate surface area is 107 Å². The molecule has 1 amide bonds. The molecule has 2 rings (SSSR count). The van der Waals surface area contributed by atoms with Gasteiger partial charge in [-0.25, -0.2) is 0 Å². The van der Waals surface area contributed by atoms with E-state index in [1.54, 1.807) is 17.7 Å². The Bertz CT molecular complexity index is 544. The van der Waals surface area contributed by atoms with Gasteiger partial charge in [0.15, 0.2) is 0 Å². The number of anilines is 1. The van der Waals surface area contributed by atoms with Crippen molar-refractivity contribution in [1.82, 2.24) is 14.8 Å². The molecular weight excluding hydrogens is 284 g/mol. The van der Waals surface area contributed by atoms with E-state index in [9.17, 15) is 4.79 Å². The van der Waals surface area contributed by atoms with E-state index in [1.807, 2.05) is 19.1 Å². The Hall–Kier alpha value is -1.69. The molecule has 0 saturated carbocycles. The molecule has 0 unspecified atom stereocenters. The van der Waals surface area contributed by atoms with Crippen LogP contribution in [0.4, 0.5) is 5.95 Å². The minimum absolute atomic E-state index is 0.203. The van der Waals surface area contributed by atoms with E-state index < -0.39 is 0 Å². The highest BCUT2D eigenvalue weighted by Gasteiger charge is 2.10. The lowest BCUT2D eigenvalue weighted by Gasteiger charge is -2.05. The predicted molar refractivity (Wildman–Crippen MR) is 67.8 cm³/mol. The molecule has 1 heterocycles. The first-order valence-corrected chi connectivity index (χ1v) is 5.78. The molecule has 0 saturated heterocycles. The van der Waals surface area contributed by atoms with E-state index >= 15 is 0 Å². The van der Waals surface area contributed by atoms with Crippen LogP contribution in [-0.2, 0) is 7.05 Å². The van der Waals surface area contributed by atoms with Crippen molar-refractivity contribution in [1.29, 1.82) is 0 Å². The minimum Gasteiger partial charge on any atom is -0.303 e. The second kappa shape index (κ2) is 4.67. The summed E-state index contributed by atoms with van der Waals surface area (Å²) in [6.45, 7) is 1.93. The zero-order valence-corrected chi connectivity index (χ0v) is 11.0. The maximum Gasteiger partial charge on any atom is 0.258 e. The molecule has 1 N–H and O–H groups in total. The van der Waals surface area contributed by atoms with Crippen molar-refractivity contribution in [3.05, 3.63) is 40.1 Å². The van der Waals surface area contributed by atoms with E-state index in [2.05, 4.69) is 31.4 Å². The molecule has 0 aliphatic carbocycles. The van der Waals surface area contributed by atoms with Crippen molar-refractivity contribution >= 4 is 27.8 Å². The molecule has 0 aliphatic heterocycles. The van der Waals surface area contributed by atoms with Gasteiger partial charge in [0.05, 0.1) is 0 Å². The smallest absolute Gasteiger partial charge is 0.258 e. The number of rotatable bonds is 2. The summed E-state index contributed by atoms with van der Waals surface area (Å²) < 4.78 is 2.52. The summed E-state index contributed by atoms with van der Waals surface area (Å²) in [7, 11) is 1.77. The third kappa shape index (κ3) is 2.71. The summed E-state index contributed by atoms with van der Waals surface area (Å²) >= 11 is 3.36. The first-order valence-electron chi connectivity index (χ1n) is 4.99. The van der Waals surface area contributed by atoms with Crippen LogP contribution < -0.4 is 5.32 Å². The Morgan fingerprint density at radius 1 is 1.41 bits per heavy atom. The number of nitrogens with one attached hydrogen (secondary N) is 1. The molecule has 0 atom stereocenters.